The number of halogens is 1. The second-order valence-electron chi connectivity index (χ2n) is 6.00. The standard InChI is InChI=1S/C20H23FN2O3/c1-14-7-9-16(10-8-14)18(23-15(2)24)13-20(25)22-11-12-26-19-6-4-3-5-17(19)21/h3-10,18H,11-13H2,1-2H3,(H,22,25)(H,23,24)/t18-/m0/s1. The van der Waals surface area contributed by atoms with Crippen molar-refractivity contribution in [2.24, 2.45) is 0 Å². The molecule has 0 heterocycles. The highest BCUT2D eigenvalue weighted by Crippen LogP contribution is 2.18. The molecule has 26 heavy (non-hydrogen) atoms. The summed E-state index contributed by atoms with van der Waals surface area (Å²) < 4.78 is 18.7. The Morgan fingerprint density at radius 1 is 1.12 bits per heavy atom. The van der Waals surface area contributed by atoms with Crippen LogP contribution in [-0.4, -0.2) is 25.0 Å². The molecule has 5 nitrogen and oxygen atoms in total. The minimum absolute atomic E-state index is 0.113. The van der Waals surface area contributed by atoms with Crippen molar-refractivity contribution in [3.63, 3.8) is 0 Å². The van der Waals surface area contributed by atoms with Gasteiger partial charge in [0.25, 0.3) is 0 Å². The molecule has 0 bridgehead atoms. The fourth-order valence-electron chi connectivity index (χ4n) is 2.47. The van der Waals surface area contributed by atoms with Crippen LogP contribution in [0.2, 0.25) is 0 Å². The predicted octanol–water partition coefficient (Wildman–Crippen LogP) is 2.90. The van der Waals surface area contributed by atoms with Gasteiger partial charge in [-0.15, -0.1) is 0 Å². The minimum Gasteiger partial charge on any atom is -0.489 e. The topological polar surface area (TPSA) is 67.4 Å². The molecule has 0 aliphatic carbocycles. The first-order valence-electron chi connectivity index (χ1n) is 8.43. The summed E-state index contributed by atoms with van der Waals surface area (Å²) in [4.78, 5) is 23.6. The van der Waals surface area contributed by atoms with E-state index in [0.717, 1.165) is 11.1 Å². The van der Waals surface area contributed by atoms with E-state index in [-0.39, 0.29) is 37.1 Å². The summed E-state index contributed by atoms with van der Waals surface area (Å²) in [7, 11) is 0. The van der Waals surface area contributed by atoms with Crippen LogP contribution in [0.15, 0.2) is 48.5 Å². The third-order valence-electron chi connectivity index (χ3n) is 3.77. The Balaban J connectivity index is 1.84. The molecule has 0 aliphatic heterocycles. The monoisotopic (exact) mass is 358 g/mol. The second-order valence-corrected chi connectivity index (χ2v) is 6.00. The van der Waals surface area contributed by atoms with E-state index in [1.165, 1.54) is 19.1 Å². The van der Waals surface area contributed by atoms with Crippen LogP contribution in [0.5, 0.6) is 5.75 Å². The molecular formula is C20H23FN2O3. The van der Waals surface area contributed by atoms with Crippen LogP contribution >= 0.6 is 0 Å². The van der Waals surface area contributed by atoms with Crippen molar-refractivity contribution in [3.8, 4) is 5.75 Å². The number of carbonyl (C=O) groups excluding carboxylic acids is 2. The number of aryl methyl sites for hydroxylation is 1. The van der Waals surface area contributed by atoms with Crippen LogP contribution in [0, 0.1) is 12.7 Å². The summed E-state index contributed by atoms with van der Waals surface area (Å²) in [5.41, 5.74) is 1.97. The van der Waals surface area contributed by atoms with Crippen LogP contribution in [0.3, 0.4) is 0 Å². The van der Waals surface area contributed by atoms with Gasteiger partial charge in [-0.2, -0.15) is 0 Å². The molecule has 0 fully saturated rings. The zero-order valence-corrected chi connectivity index (χ0v) is 14.9. The zero-order valence-electron chi connectivity index (χ0n) is 14.9. The van der Waals surface area contributed by atoms with Crippen LogP contribution < -0.4 is 15.4 Å². The second kappa shape index (κ2) is 9.56. The van der Waals surface area contributed by atoms with Gasteiger partial charge in [-0.05, 0) is 24.6 Å². The van der Waals surface area contributed by atoms with Crippen molar-refractivity contribution in [1.82, 2.24) is 10.6 Å². The molecule has 138 valence electrons. The smallest absolute Gasteiger partial charge is 0.222 e. The maximum Gasteiger partial charge on any atom is 0.222 e. The van der Waals surface area contributed by atoms with E-state index in [2.05, 4.69) is 10.6 Å². The number of hydrogen-bond acceptors (Lipinski definition) is 3. The normalized spacial score (nSPS) is 11.5. The van der Waals surface area contributed by atoms with Gasteiger partial charge >= 0.3 is 0 Å². The summed E-state index contributed by atoms with van der Waals surface area (Å²) in [6.07, 6.45) is 0.113. The lowest BCUT2D eigenvalue weighted by molar-refractivity contribution is -0.122. The van der Waals surface area contributed by atoms with Gasteiger partial charge in [0.05, 0.1) is 19.0 Å². The lowest BCUT2D eigenvalue weighted by Gasteiger charge is -2.18. The van der Waals surface area contributed by atoms with Gasteiger partial charge in [-0.25, -0.2) is 4.39 Å². The van der Waals surface area contributed by atoms with Crippen molar-refractivity contribution in [2.45, 2.75) is 26.3 Å². The van der Waals surface area contributed by atoms with Crippen LogP contribution in [0.4, 0.5) is 4.39 Å². The van der Waals surface area contributed by atoms with Gasteiger partial charge < -0.3 is 15.4 Å². The maximum atomic E-state index is 13.4. The number of amides is 2. The van der Waals surface area contributed by atoms with E-state index in [1.54, 1.807) is 12.1 Å². The fourth-order valence-corrected chi connectivity index (χ4v) is 2.47. The molecular weight excluding hydrogens is 335 g/mol. The Kier molecular flexibility index (Phi) is 7.14. The quantitative estimate of drug-likeness (QED) is 0.713. The molecule has 0 saturated heterocycles. The molecule has 0 aliphatic rings. The number of ether oxygens (including phenoxy) is 1. The third-order valence-corrected chi connectivity index (χ3v) is 3.77. The molecule has 2 amide bonds. The van der Waals surface area contributed by atoms with Crippen LogP contribution in [0.1, 0.15) is 30.5 Å². The molecule has 2 aromatic carbocycles. The number of hydrogen-bond donors (Lipinski definition) is 2. The Labute approximate surface area is 152 Å². The Morgan fingerprint density at radius 2 is 1.81 bits per heavy atom. The number of para-hydroxylation sites is 1. The predicted molar refractivity (Wildman–Crippen MR) is 97.3 cm³/mol. The van der Waals surface area contributed by atoms with E-state index in [4.69, 9.17) is 4.74 Å². The first kappa shape index (κ1) is 19.4. The highest BCUT2D eigenvalue weighted by Gasteiger charge is 2.17. The molecule has 2 aromatic rings. The molecule has 2 N–H and O–H groups in total. The van der Waals surface area contributed by atoms with E-state index < -0.39 is 11.9 Å². The first-order chi connectivity index (χ1) is 12.5. The largest absolute Gasteiger partial charge is 0.489 e. The minimum atomic E-state index is -0.441. The number of benzene rings is 2. The van der Waals surface area contributed by atoms with Gasteiger partial charge in [0.1, 0.15) is 6.61 Å². The number of nitrogens with one attached hydrogen (secondary N) is 2. The van der Waals surface area contributed by atoms with Gasteiger partial charge in [0.15, 0.2) is 11.6 Å². The van der Waals surface area contributed by atoms with Gasteiger partial charge in [0, 0.05) is 6.92 Å². The highest BCUT2D eigenvalue weighted by atomic mass is 19.1. The average Bonchev–Trinajstić information content (AvgIpc) is 2.60. The van der Waals surface area contributed by atoms with E-state index in [1.807, 2.05) is 31.2 Å². The van der Waals surface area contributed by atoms with E-state index in [0.29, 0.717) is 0 Å². The molecule has 2 rings (SSSR count). The highest BCUT2D eigenvalue weighted by molar-refractivity contribution is 5.79. The van der Waals surface area contributed by atoms with Crippen molar-refractivity contribution in [1.29, 1.82) is 0 Å². The molecule has 0 saturated carbocycles. The molecule has 0 radical (unpaired) electrons. The van der Waals surface area contributed by atoms with Gasteiger partial charge in [-0.3, -0.25) is 9.59 Å². The first-order valence-corrected chi connectivity index (χ1v) is 8.43. The summed E-state index contributed by atoms with van der Waals surface area (Å²) in [5.74, 6) is -0.714. The molecule has 6 heteroatoms. The summed E-state index contributed by atoms with van der Waals surface area (Å²) in [6, 6.07) is 13.4. The average molecular weight is 358 g/mol. The van der Waals surface area contributed by atoms with E-state index >= 15 is 0 Å². The summed E-state index contributed by atoms with van der Waals surface area (Å²) in [5, 5.41) is 5.51. The molecule has 1 atom stereocenters. The van der Waals surface area contributed by atoms with E-state index in [9.17, 15) is 14.0 Å². The maximum absolute atomic E-state index is 13.4. The number of carbonyl (C=O) groups is 2. The lowest BCUT2D eigenvalue weighted by atomic mass is 10.0. The SMILES string of the molecule is CC(=O)N[C@@H](CC(=O)NCCOc1ccccc1F)c1ccc(C)cc1. The van der Waals surface area contributed by atoms with Crippen LogP contribution in [-0.2, 0) is 9.59 Å². The Bertz CT molecular complexity index is 747. The molecule has 0 spiro atoms. The van der Waals surface area contributed by atoms with Gasteiger partial charge in [-0.1, -0.05) is 42.0 Å². The van der Waals surface area contributed by atoms with Crippen LogP contribution in [0.25, 0.3) is 0 Å². The lowest BCUT2D eigenvalue weighted by Crippen LogP contribution is -2.34. The molecule has 0 aromatic heterocycles. The Hall–Kier alpha value is -2.89. The fraction of sp³-hybridized carbons (Fsp3) is 0.300. The summed E-state index contributed by atoms with van der Waals surface area (Å²) >= 11 is 0. The van der Waals surface area contributed by atoms with Crippen molar-refractivity contribution >= 4 is 11.8 Å². The van der Waals surface area contributed by atoms with Crippen molar-refractivity contribution in [2.75, 3.05) is 13.2 Å². The summed E-state index contributed by atoms with van der Waals surface area (Å²) in [6.45, 7) is 3.79. The van der Waals surface area contributed by atoms with Crippen molar-refractivity contribution in [3.05, 3.63) is 65.5 Å². The number of rotatable bonds is 8. The zero-order chi connectivity index (χ0) is 18.9. The molecule has 0 unspecified atom stereocenters. The van der Waals surface area contributed by atoms with Crippen molar-refractivity contribution < 1.29 is 18.7 Å². The van der Waals surface area contributed by atoms with Gasteiger partial charge in [0.2, 0.25) is 11.8 Å². The Morgan fingerprint density at radius 3 is 2.46 bits per heavy atom. The third kappa shape index (κ3) is 6.20.